The third-order valence-corrected chi connectivity index (χ3v) is 1.33. The summed E-state index contributed by atoms with van der Waals surface area (Å²) in [4.78, 5) is 0. The molecule has 0 heterocycles. The van der Waals surface area contributed by atoms with Crippen molar-refractivity contribution in [3.63, 3.8) is 0 Å². The van der Waals surface area contributed by atoms with Crippen LogP contribution in [-0.4, -0.2) is 4.33 Å². The van der Waals surface area contributed by atoms with Gasteiger partial charge in [-0.05, 0) is 0 Å². The van der Waals surface area contributed by atoms with E-state index in [2.05, 4.69) is 0 Å². The van der Waals surface area contributed by atoms with Gasteiger partial charge in [0.15, 0.2) is 10.5 Å². The Morgan fingerprint density at radius 3 is 1.83 bits per heavy atom. The predicted octanol–water partition coefficient (Wildman–Crippen LogP) is 2.07. The number of halogens is 3. The standard InChI is InChI=1S/C3H2Cl2F/c4-3(5)1-2(3)6/h1H2. The first-order chi connectivity index (χ1) is 2.63. The Kier molecular flexibility index (Phi) is 0.789. The Balaban J connectivity index is 2.41. The molecule has 0 aromatic heterocycles. The molecule has 1 fully saturated rings. The van der Waals surface area contributed by atoms with E-state index in [4.69, 9.17) is 23.2 Å². The van der Waals surface area contributed by atoms with Crippen LogP contribution >= 0.6 is 23.2 Å². The third kappa shape index (κ3) is 0.614. The Hall–Kier alpha value is 0.510. The highest BCUT2D eigenvalue weighted by Gasteiger charge is 2.54. The average molecular weight is 128 g/mol. The molecule has 0 aromatic carbocycles. The van der Waals surface area contributed by atoms with Gasteiger partial charge in [-0.1, -0.05) is 23.2 Å². The molecule has 6 heavy (non-hydrogen) atoms. The fourth-order valence-electron chi connectivity index (χ4n) is 0.151. The Morgan fingerprint density at radius 1 is 1.67 bits per heavy atom. The van der Waals surface area contributed by atoms with Crippen molar-refractivity contribution in [3.8, 4) is 0 Å². The van der Waals surface area contributed by atoms with E-state index in [0.717, 1.165) is 0 Å². The first-order valence-corrected chi connectivity index (χ1v) is 2.28. The number of hydrogen-bond donors (Lipinski definition) is 0. The fraction of sp³-hybridized carbons (Fsp3) is 0.667. The second kappa shape index (κ2) is 1.01. The molecule has 35 valence electrons. The van der Waals surface area contributed by atoms with Crippen molar-refractivity contribution < 1.29 is 4.39 Å². The number of rotatable bonds is 0. The first kappa shape index (κ1) is 4.66. The van der Waals surface area contributed by atoms with Crippen LogP contribution in [0.25, 0.3) is 0 Å². The summed E-state index contributed by atoms with van der Waals surface area (Å²) in [5.74, 6) is 0. The van der Waals surface area contributed by atoms with E-state index in [1.807, 2.05) is 0 Å². The highest BCUT2D eigenvalue weighted by molar-refractivity contribution is 6.52. The topological polar surface area (TPSA) is 0 Å². The van der Waals surface area contributed by atoms with Crippen LogP contribution in [0.4, 0.5) is 4.39 Å². The highest BCUT2D eigenvalue weighted by atomic mass is 35.5. The molecular formula is C3H2Cl2F. The van der Waals surface area contributed by atoms with Gasteiger partial charge in [0.1, 0.15) is 0 Å². The third-order valence-electron chi connectivity index (χ3n) is 0.649. The number of hydrogen-bond acceptors (Lipinski definition) is 0. The van der Waals surface area contributed by atoms with Crippen LogP contribution in [0, 0.1) is 6.17 Å². The van der Waals surface area contributed by atoms with Crippen LogP contribution in [-0.2, 0) is 0 Å². The predicted molar refractivity (Wildman–Crippen MR) is 23.4 cm³/mol. The lowest BCUT2D eigenvalue weighted by molar-refractivity contribution is 0.594. The van der Waals surface area contributed by atoms with Crippen molar-refractivity contribution >= 4 is 23.2 Å². The molecule has 0 bridgehead atoms. The molecule has 1 rings (SSSR count). The van der Waals surface area contributed by atoms with Gasteiger partial charge in [0.25, 0.3) is 0 Å². The molecule has 0 unspecified atom stereocenters. The second-order valence-corrected chi connectivity index (χ2v) is 2.77. The van der Waals surface area contributed by atoms with Gasteiger partial charge in [-0.25, -0.2) is 4.39 Å². The maximum atomic E-state index is 11.5. The van der Waals surface area contributed by atoms with E-state index < -0.39 is 4.33 Å². The van der Waals surface area contributed by atoms with Gasteiger partial charge < -0.3 is 0 Å². The Bertz CT molecular complexity index is 71.2. The normalized spacial score (nSPS) is 30.5. The summed E-state index contributed by atoms with van der Waals surface area (Å²) in [6.45, 7) is 0. The summed E-state index contributed by atoms with van der Waals surface area (Å²) in [7, 11) is 0. The van der Waals surface area contributed by atoms with Gasteiger partial charge in [-0.3, -0.25) is 0 Å². The molecule has 0 atom stereocenters. The summed E-state index contributed by atoms with van der Waals surface area (Å²) in [6.07, 6.45) is -0.0957. The van der Waals surface area contributed by atoms with Crippen molar-refractivity contribution in [1.82, 2.24) is 0 Å². The maximum Gasteiger partial charge on any atom is 0.183 e. The molecule has 3 heteroatoms. The molecule has 0 saturated heterocycles. The zero-order valence-corrected chi connectivity index (χ0v) is 4.35. The lowest BCUT2D eigenvalue weighted by atomic mass is 10.9. The fourth-order valence-corrected chi connectivity index (χ4v) is 0.385. The van der Waals surface area contributed by atoms with E-state index in [1.54, 1.807) is 0 Å². The van der Waals surface area contributed by atoms with Gasteiger partial charge in [-0.15, -0.1) is 0 Å². The Morgan fingerprint density at radius 2 is 1.83 bits per heavy atom. The molecular weight excluding hydrogens is 126 g/mol. The van der Waals surface area contributed by atoms with Gasteiger partial charge in [-0.2, -0.15) is 0 Å². The van der Waals surface area contributed by atoms with Crippen LogP contribution in [0.5, 0.6) is 0 Å². The molecule has 1 saturated carbocycles. The summed E-state index contributed by atoms with van der Waals surface area (Å²) in [5, 5.41) is 0. The van der Waals surface area contributed by atoms with Gasteiger partial charge in [0, 0.05) is 6.42 Å². The highest BCUT2D eigenvalue weighted by Crippen LogP contribution is 2.55. The zero-order chi connectivity index (χ0) is 4.78. The van der Waals surface area contributed by atoms with Crippen LogP contribution in [0.15, 0.2) is 0 Å². The van der Waals surface area contributed by atoms with Crippen LogP contribution in [0.1, 0.15) is 6.42 Å². The van der Waals surface area contributed by atoms with E-state index in [9.17, 15) is 4.39 Å². The maximum absolute atomic E-state index is 11.5. The van der Waals surface area contributed by atoms with E-state index in [1.165, 1.54) is 0 Å². The summed E-state index contributed by atoms with van der Waals surface area (Å²) in [6, 6.07) is 0. The summed E-state index contributed by atoms with van der Waals surface area (Å²) < 4.78 is 10.4. The van der Waals surface area contributed by atoms with E-state index >= 15 is 0 Å². The van der Waals surface area contributed by atoms with Crippen molar-refractivity contribution in [2.24, 2.45) is 0 Å². The molecule has 0 spiro atoms. The van der Waals surface area contributed by atoms with E-state index in [0.29, 0.717) is 0 Å². The lowest BCUT2D eigenvalue weighted by Gasteiger charge is -1.81. The van der Waals surface area contributed by atoms with Crippen molar-refractivity contribution in [2.45, 2.75) is 10.8 Å². The van der Waals surface area contributed by atoms with Crippen LogP contribution in [0.3, 0.4) is 0 Å². The number of alkyl halides is 2. The molecule has 0 aromatic rings. The van der Waals surface area contributed by atoms with Crippen molar-refractivity contribution in [1.29, 1.82) is 0 Å². The first-order valence-electron chi connectivity index (χ1n) is 1.52. The van der Waals surface area contributed by atoms with Crippen LogP contribution in [0.2, 0.25) is 0 Å². The molecule has 0 nitrogen and oxygen atoms in total. The largest absolute Gasteiger partial charge is 0.237 e. The smallest absolute Gasteiger partial charge is 0.183 e. The minimum atomic E-state index is -1.10. The Labute approximate surface area is 45.2 Å². The molecule has 1 aliphatic carbocycles. The molecule has 0 N–H and O–H groups in total. The molecule has 1 aliphatic rings. The SMILES string of the molecule is F[C]1CC1(Cl)Cl. The second-order valence-electron chi connectivity index (χ2n) is 1.29. The zero-order valence-electron chi connectivity index (χ0n) is 2.84. The average Bonchev–Trinajstić information content (AvgIpc) is 1.73. The quantitative estimate of drug-likeness (QED) is 0.438. The van der Waals surface area contributed by atoms with Crippen molar-refractivity contribution in [3.05, 3.63) is 6.17 Å². The molecule has 1 radical (unpaired) electrons. The lowest BCUT2D eigenvalue weighted by Crippen LogP contribution is -1.79. The monoisotopic (exact) mass is 127 g/mol. The van der Waals surface area contributed by atoms with Gasteiger partial charge >= 0.3 is 0 Å². The van der Waals surface area contributed by atoms with E-state index in [-0.39, 0.29) is 12.6 Å². The minimum Gasteiger partial charge on any atom is -0.237 e. The minimum absolute atomic E-state index is 0.218. The van der Waals surface area contributed by atoms with Crippen LogP contribution < -0.4 is 0 Å². The van der Waals surface area contributed by atoms with Crippen molar-refractivity contribution in [2.75, 3.05) is 0 Å². The molecule has 0 aliphatic heterocycles. The summed E-state index contributed by atoms with van der Waals surface area (Å²) in [5.41, 5.74) is 0. The summed E-state index contributed by atoms with van der Waals surface area (Å²) >= 11 is 10.3. The van der Waals surface area contributed by atoms with Gasteiger partial charge in [0.05, 0.1) is 0 Å². The van der Waals surface area contributed by atoms with Gasteiger partial charge in [0.2, 0.25) is 0 Å². The molecule has 0 amide bonds.